The van der Waals surface area contributed by atoms with Crippen molar-refractivity contribution in [2.45, 2.75) is 30.8 Å². The molecule has 1 aliphatic heterocycles. The number of carbonyl (C=O) groups excluding carboxylic acids is 1. The lowest BCUT2D eigenvalue weighted by molar-refractivity contribution is -0.113. The molecule has 39 heavy (non-hydrogen) atoms. The van der Waals surface area contributed by atoms with Crippen molar-refractivity contribution < 1.29 is 13.9 Å². The number of halogens is 1. The van der Waals surface area contributed by atoms with Crippen molar-refractivity contribution in [3.05, 3.63) is 113 Å². The van der Waals surface area contributed by atoms with E-state index in [2.05, 4.69) is 15.6 Å². The minimum atomic E-state index is -0.531. The molecule has 198 valence electrons. The van der Waals surface area contributed by atoms with Gasteiger partial charge >= 0.3 is 0 Å². The molecule has 7 nitrogen and oxygen atoms in total. The Morgan fingerprint density at radius 1 is 1.10 bits per heavy atom. The lowest BCUT2D eigenvalue weighted by Gasteiger charge is -2.26. The van der Waals surface area contributed by atoms with E-state index >= 15 is 0 Å². The number of aromatic nitrogens is 3. The van der Waals surface area contributed by atoms with Gasteiger partial charge in [-0.2, -0.15) is 4.98 Å². The Labute approximate surface area is 230 Å². The van der Waals surface area contributed by atoms with Crippen LogP contribution in [0.5, 0.6) is 5.75 Å². The van der Waals surface area contributed by atoms with Crippen LogP contribution in [0.25, 0.3) is 6.08 Å². The van der Waals surface area contributed by atoms with Crippen LogP contribution >= 0.6 is 11.8 Å². The predicted octanol–water partition coefficient (Wildman–Crippen LogP) is 6.70. The van der Waals surface area contributed by atoms with Gasteiger partial charge in [-0.15, -0.1) is 5.10 Å². The Morgan fingerprint density at radius 2 is 1.85 bits per heavy atom. The van der Waals surface area contributed by atoms with Gasteiger partial charge in [-0.25, -0.2) is 9.07 Å². The summed E-state index contributed by atoms with van der Waals surface area (Å²) in [7, 11) is 0. The summed E-state index contributed by atoms with van der Waals surface area (Å²) in [4.78, 5) is 18.3. The highest BCUT2D eigenvalue weighted by Crippen LogP contribution is 2.35. The van der Waals surface area contributed by atoms with Gasteiger partial charge in [0.05, 0.1) is 17.9 Å². The lowest BCUT2D eigenvalue weighted by atomic mass is 10.0. The first-order valence-corrected chi connectivity index (χ1v) is 13.6. The minimum absolute atomic E-state index is 0.264. The van der Waals surface area contributed by atoms with E-state index in [1.807, 2.05) is 80.6 Å². The molecule has 1 aromatic heterocycles. The molecule has 5 rings (SSSR count). The number of fused-ring (bicyclic) bond motifs is 1. The minimum Gasteiger partial charge on any atom is -0.492 e. The van der Waals surface area contributed by atoms with E-state index < -0.39 is 6.04 Å². The molecule has 1 amide bonds. The normalized spacial score (nSPS) is 14.7. The van der Waals surface area contributed by atoms with Gasteiger partial charge in [-0.1, -0.05) is 84.6 Å². The average molecular weight is 542 g/mol. The van der Waals surface area contributed by atoms with Crippen molar-refractivity contribution in [2.75, 3.05) is 17.2 Å². The van der Waals surface area contributed by atoms with Crippen LogP contribution in [-0.2, 0) is 10.5 Å². The molecule has 0 bridgehead atoms. The van der Waals surface area contributed by atoms with E-state index in [0.717, 1.165) is 5.56 Å². The smallest absolute Gasteiger partial charge is 0.255 e. The Kier molecular flexibility index (Phi) is 8.07. The molecular weight excluding hydrogens is 513 g/mol. The summed E-state index contributed by atoms with van der Waals surface area (Å²) >= 11 is 1.34. The Hall–Kier alpha value is -4.37. The summed E-state index contributed by atoms with van der Waals surface area (Å²) < 4.78 is 21.5. The first kappa shape index (κ1) is 26.2. The first-order chi connectivity index (χ1) is 19.0. The zero-order valence-corrected chi connectivity index (χ0v) is 22.4. The third kappa shape index (κ3) is 6.04. The average Bonchev–Trinajstić information content (AvgIpc) is 3.35. The number of nitrogens with one attached hydrogen (secondary N) is 2. The summed E-state index contributed by atoms with van der Waals surface area (Å²) in [5, 5.41) is 11.4. The highest BCUT2D eigenvalue weighted by atomic mass is 32.2. The van der Waals surface area contributed by atoms with Gasteiger partial charge in [0.25, 0.3) is 5.91 Å². The number of para-hydroxylation sites is 2. The topological polar surface area (TPSA) is 81.1 Å². The summed E-state index contributed by atoms with van der Waals surface area (Å²) in [6, 6.07) is 23.3. The molecule has 0 radical (unpaired) electrons. The van der Waals surface area contributed by atoms with Gasteiger partial charge in [0.15, 0.2) is 0 Å². The number of amides is 1. The molecule has 3 aromatic carbocycles. The summed E-state index contributed by atoms with van der Waals surface area (Å²) in [5.74, 6) is 0.947. The van der Waals surface area contributed by atoms with E-state index in [0.29, 0.717) is 51.7 Å². The SMILES string of the molecule is CCOc1ccccc1NC(=O)C1=C(C)Nc2nc(SCc3ccccc3F)nn2C1/C=C/c1ccccc1. The fraction of sp³-hybridized carbons (Fsp3) is 0.167. The molecule has 9 heteroatoms. The van der Waals surface area contributed by atoms with Crippen molar-refractivity contribution in [2.24, 2.45) is 0 Å². The summed E-state index contributed by atoms with van der Waals surface area (Å²) in [6.07, 6.45) is 3.90. The fourth-order valence-corrected chi connectivity index (χ4v) is 5.09. The molecule has 2 N–H and O–H groups in total. The number of rotatable bonds is 9. The number of thioether (sulfide) groups is 1. The van der Waals surface area contributed by atoms with Crippen molar-refractivity contribution in [3.63, 3.8) is 0 Å². The van der Waals surface area contributed by atoms with E-state index in [4.69, 9.17) is 9.84 Å². The van der Waals surface area contributed by atoms with Crippen LogP contribution in [0.3, 0.4) is 0 Å². The first-order valence-electron chi connectivity index (χ1n) is 12.6. The van der Waals surface area contributed by atoms with Crippen LogP contribution in [0.4, 0.5) is 16.0 Å². The molecule has 0 fully saturated rings. The third-order valence-corrected chi connectivity index (χ3v) is 7.03. The van der Waals surface area contributed by atoms with Crippen LogP contribution in [0, 0.1) is 5.82 Å². The fourth-order valence-electron chi connectivity index (χ4n) is 4.27. The Bertz CT molecular complexity index is 1530. The summed E-state index contributed by atoms with van der Waals surface area (Å²) in [6.45, 7) is 4.22. The van der Waals surface area contributed by atoms with Gasteiger partial charge in [0.2, 0.25) is 11.1 Å². The maximum Gasteiger partial charge on any atom is 0.255 e. The molecule has 0 saturated heterocycles. The Morgan fingerprint density at radius 3 is 2.64 bits per heavy atom. The van der Waals surface area contributed by atoms with E-state index in [-0.39, 0.29) is 11.7 Å². The molecule has 1 aliphatic rings. The monoisotopic (exact) mass is 541 g/mol. The number of carbonyl (C=O) groups is 1. The van der Waals surface area contributed by atoms with Gasteiger partial charge in [-0.3, -0.25) is 4.79 Å². The van der Waals surface area contributed by atoms with Crippen molar-refractivity contribution >= 4 is 35.4 Å². The highest BCUT2D eigenvalue weighted by molar-refractivity contribution is 7.98. The number of benzene rings is 3. The standard InChI is InChI=1S/C30H28FN5O2S/c1-3-38-26-16-10-9-15-24(26)33-28(37)27-20(2)32-29-34-30(39-19-22-13-7-8-14-23(22)31)35-36(29)25(27)18-17-21-11-5-4-6-12-21/h4-18,25H,3,19H2,1-2H3,(H,33,37)(H,32,34,35)/b18-17+. The molecule has 1 atom stereocenters. The van der Waals surface area contributed by atoms with Crippen LogP contribution < -0.4 is 15.4 Å². The third-order valence-electron chi connectivity index (χ3n) is 6.14. The molecule has 0 aliphatic carbocycles. The maximum absolute atomic E-state index is 14.1. The van der Waals surface area contributed by atoms with Crippen LogP contribution in [0.2, 0.25) is 0 Å². The number of anilines is 2. The second kappa shape index (κ2) is 12.0. The molecular formula is C30H28FN5O2S. The second-order valence-electron chi connectivity index (χ2n) is 8.80. The number of hydrogen-bond acceptors (Lipinski definition) is 6. The van der Waals surface area contributed by atoms with Gasteiger partial charge in [0.1, 0.15) is 17.6 Å². The van der Waals surface area contributed by atoms with Crippen LogP contribution in [0.15, 0.2) is 101 Å². The van der Waals surface area contributed by atoms with E-state index in [9.17, 15) is 9.18 Å². The van der Waals surface area contributed by atoms with E-state index in [1.165, 1.54) is 17.8 Å². The molecule has 0 saturated carbocycles. The largest absolute Gasteiger partial charge is 0.492 e. The van der Waals surface area contributed by atoms with Gasteiger partial charge < -0.3 is 15.4 Å². The van der Waals surface area contributed by atoms with Crippen molar-refractivity contribution in [1.29, 1.82) is 0 Å². The molecule has 4 aromatic rings. The van der Waals surface area contributed by atoms with Crippen molar-refractivity contribution in [3.8, 4) is 5.75 Å². The Balaban J connectivity index is 1.46. The number of hydrogen-bond donors (Lipinski definition) is 2. The molecule has 2 heterocycles. The van der Waals surface area contributed by atoms with E-state index in [1.54, 1.807) is 22.9 Å². The molecule has 1 unspecified atom stereocenters. The zero-order chi connectivity index (χ0) is 27.2. The maximum atomic E-state index is 14.1. The van der Waals surface area contributed by atoms with Crippen LogP contribution in [-0.4, -0.2) is 27.3 Å². The zero-order valence-electron chi connectivity index (χ0n) is 21.6. The van der Waals surface area contributed by atoms with Crippen LogP contribution in [0.1, 0.15) is 31.0 Å². The predicted molar refractivity (Wildman–Crippen MR) is 153 cm³/mol. The summed E-state index contributed by atoms with van der Waals surface area (Å²) in [5.41, 5.74) is 3.31. The molecule has 0 spiro atoms. The lowest BCUT2D eigenvalue weighted by Crippen LogP contribution is -2.30. The highest BCUT2D eigenvalue weighted by Gasteiger charge is 2.32. The second-order valence-corrected chi connectivity index (χ2v) is 9.75. The number of ether oxygens (including phenoxy) is 1. The van der Waals surface area contributed by atoms with Gasteiger partial charge in [-0.05, 0) is 43.2 Å². The number of nitrogens with zero attached hydrogens (tertiary/aromatic N) is 3. The van der Waals surface area contributed by atoms with Crippen molar-refractivity contribution in [1.82, 2.24) is 14.8 Å². The number of allylic oxidation sites excluding steroid dienone is 2. The van der Waals surface area contributed by atoms with Gasteiger partial charge in [0, 0.05) is 11.4 Å². The quantitative estimate of drug-likeness (QED) is 0.230.